The molecule has 1 aliphatic heterocycles. The molecule has 1 saturated heterocycles. The van der Waals surface area contributed by atoms with Crippen LogP contribution >= 0.6 is 0 Å². The SMILES string of the molecule is CCN1CCC(Nc2ncccc2C#N)C1c1cc(F)c(F)c(F)c1. The summed E-state index contributed by atoms with van der Waals surface area (Å²) < 4.78 is 40.7. The number of likely N-dealkylation sites (N-methyl/N-ethyl adjacent to an activating group) is 1. The minimum Gasteiger partial charge on any atom is -0.364 e. The highest BCUT2D eigenvalue weighted by molar-refractivity contribution is 5.52. The van der Waals surface area contributed by atoms with Crippen molar-refractivity contribution in [2.75, 3.05) is 18.4 Å². The van der Waals surface area contributed by atoms with Gasteiger partial charge in [-0.05, 0) is 42.8 Å². The highest BCUT2D eigenvalue weighted by Gasteiger charge is 2.36. The number of anilines is 1. The topological polar surface area (TPSA) is 52.0 Å². The maximum absolute atomic E-state index is 13.7. The van der Waals surface area contributed by atoms with E-state index in [-0.39, 0.29) is 12.1 Å². The minimum atomic E-state index is -1.47. The van der Waals surface area contributed by atoms with Crippen LogP contribution in [0.25, 0.3) is 0 Å². The van der Waals surface area contributed by atoms with Crippen molar-refractivity contribution in [2.45, 2.75) is 25.4 Å². The zero-order valence-corrected chi connectivity index (χ0v) is 13.6. The fourth-order valence-corrected chi connectivity index (χ4v) is 3.34. The number of nitriles is 1. The van der Waals surface area contributed by atoms with Gasteiger partial charge in [-0.3, -0.25) is 4.90 Å². The lowest BCUT2D eigenvalue weighted by Gasteiger charge is -2.28. The molecule has 2 aromatic rings. The molecule has 1 aromatic carbocycles. The molecule has 1 fully saturated rings. The fraction of sp³-hybridized carbons (Fsp3) is 0.333. The number of rotatable bonds is 4. The van der Waals surface area contributed by atoms with E-state index >= 15 is 0 Å². The molecule has 2 heterocycles. The van der Waals surface area contributed by atoms with Crippen LogP contribution in [0.1, 0.15) is 30.5 Å². The zero-order chi connectivity index (χ0) is 18.0. The van der Waals surface area contributed by atoms with Crippen molar-refractivity contribution in [3.8, 4) is 6.07 Å². The molecule has 7 heteroatoms. The molecule has 0 amide bonds. The summed E-state index contributed by atoms with van der Waals surface area (Å²) in [6.07, 6.45) is 2.28. The van der Waals surface area contributed by atoms with Gasteiger partial charge in [-0.15, -0.1) is 0 Å². The predicted octanol–water partition coefficient (Wildman–Crippen LogP) is 3.62. The summed E-state index contributed by atoms with van der Waals surface area (Å²) >= 11 is 0. The second-order valence-corrected chi connectivity index (χ2v) is 5.92. The third-order valence-electron chi connectivity index (χ3n) is 4.51. The molecule has 25 heavy (non-hydrogen) atoms. The van der Waals surface area contributed by atoms with Crippen LogP contribution in [-0.4, -0.2) is 29.0 Å². The molecule has 1 N–H and O–H groups in total. The Hall–Kier alpha value is -2.59. The first-order valence-corrected chi connectivity index (χ1v) is 8.05. The molecule has 0 radical (unpaired) electrons. The van der Waals surface area contributed by atoms with E-state index < -0.39 is 17.5 Å². The maximum Gasteiger partial charge on any atom is 0.194 e. The van der Waals surface area contributed by atoms with Crippen LogP contribution in [0.5, 0.6) is 0 Å². The molecular formula is C18H17F3N4. The van der Waals surface area contributed by atoms with Gasteiger partial charge < -0.3 is 5.32 Å². The average Bonchev–Trinajstić information content (AvgIpc) is 3.02. The second-order valence-electron chi connectivity index (χ2n) is 5.92. The summed E-state index contributed by atoms with van der Waals surface area (Å²) in [5, 5.41) is 12.4. The van der Waals surface area contributed by atoms with Gasteiger partial charge in [0.2, 0.25) is 0 Å². The lowest BCUT2D eigenvalue weighted by Crippen LogP contribution is -2.32. The van der Waals surface area contributed by atoms with Gasteiger partial charge in [-0.25, -0.2) is 18.2 Å². The van der Waals surface area contributed by atoms with Crippen LogP contribution in [0.4, 0.5) is 19.0 Å². The van der Waals surface area contributed by atoms with Crippen molar-refractivity contribution in [2.24, 2.45) is 0 Å². The van der Waals surface area contributed by atoms with Gasteiger partial charge in [0, 0.05) is 18.8 Å². The number of benzene rings is 1. The van der Waals surface area contributed by atoms with E-state index in [4.69, 9.17) is 0 Å². The first-order chi connectivity index (χ1) is 12.0. The van der Waals surface area contributed by atoms with Crippen molar-refractivity contribution in [1.82, 2.24) is 9.88 Å². The molecule has 0 bridgehead atoms. The van der Waals surface area contributed by atoms with Crippen molar-refractivity contribution >= 4 is 5.82 Å². The summed E-state index contributed by atoms with van der Waals surface area (Å²) in [7, 11) is 0. The molecule has 1 aromatic heterocycles. The number of nitrogens with zero attached hydrogens (tertiary/aromatic N) is 3. The van der Waals surface area contributed by atoms with Crippen LogP contribution < -0.4 is 5.32 Å². The Bertz CT molecular complexity index is 795. The van der Waals surface area contributed by atoms with E-state index in [9.17, 15) is 18.4 Å². The van der Waals surface area contributed by atoms with Gasteiger partial charge in [0.15, 0.2) is 17.5 Å². The lowest BCUT2D eigenvalue weighted by atomic mass is 9.99. The maximum atomic E-state index is 13.7. The molecule has 0 saturated carbocycles. The van der Waals surface area contributed by atoms with Crippen molar-refractivity contribution in [3.63, 3.8) is 0 Å². The summed E-state index contributed by atoms with van der Waals surface area (Å²) in [5.41, 5.74) is 0.760. The Labute approximate surface area is 143 Å². The third-order valence-corrected chi connectivity index (χ3v) is 4.51. The Morgan fingerprint density at radius 1 is 1.32 bits per heavy atom. The van der Waals surface area contributed by atoms with Gasteiger partial charge in [-0.1, -0.05) is 6.92 Å². The summed E-state index contributed by atoms with van der Waals surface area (Å²) in [6, 6.07) is 6.91. The molecule has 0 spiro atoms. The summed E-state index contributed by atoms with van der Waals surface area (Å²) in [5.74, 6) is -3.44. The average molecular weight is 346 g/mol. The monoisotopic (exact) mass is 346 g/mol. The highest BCUT2D eigenvalue weighted by atomic mass is 19.2. The minimum absolute atomic E-state index is 0.203. The fourth-order valence-electron chi connectivity index (χ4n) is 3.34. The lowest BCUT2D eigenvalue weighted by molar-refractivity contribution is 0.263. The molecule has 3 rings (SSSR count). The normalized spacial score (nSPS) is 20.4. The summed E-state index contributed by atoms with van der Waals surface area (Å²) in [6.45, 7) is 3.35. The molecule has 2 unspecified atom stereocenters. The summed E-state index contributed by atoms with van der Waals surface area (Å²) in [4.78, 5) is 6.24. The van der Waals surface area contributed by atoms with Crippen LogP contribution in [0.15, 0.2) is 30.5 Å². The number of likely N-dealkylation sites (tertiary alicyclic amines) is 1. The first kappa shape index (κ1) is 17.2. The van der Waals surface area contributed by atoms with Gasteiger partial charge in [-0.2, -0.15) is 5.26 Å². The van der Waals surface area contributed by atoms with E-state index in [0.29, 0.717) is 36.5 Å². The van der Waals surface area contributed by atoms with Gasteiger partial charge >= 0.3 is 0 Å². The first-order valence-electron chi connectivity index (χ1n) is 8.05. The number of hydrogen-bond donors (Lipinski definition) is 1. The standard InChI is InChI=1S/C18H17F3N4/c1-2-25-7-5-15(24-18-11(10-22)4-3-6-23-18)17(25)12-8-13(19)16(21)14(20)9-12/h3-4,6,8-9,15,17H,2,5,7H2,1H3,(H,23,24). The molecule has 2 atom stereocenters. The second kappa shape index (κ2) is 7.11. The van der Waals surface area contributed by atoms with Crippen LogP contribution in [-0.2, 0) is 0 Å². The van der Waals surface area contributed by atoms with Gasteiger partial charge in [0.25, 0.3) is 0 Å². The van der Waals surface area contributed by atoms with E-state index in [0.717, 1.165) is 12.1 Å². The Kier molecular flexibility index (Phi) is 4.91. The Morgan fingerprint density at radius 2 is 2.04 bits per heavy atom. The molecule has 4 nitrogen and oxygen atoms in total. The number of hydrogen-bond acceptors (Lipinski definition) is 4. The van der Waals surface area contributed by atoms with Gasteiger partial charge in [0.05, 0.1) is 11.6 Å². The van der Waals surface area contributed by atoms with Crippen LogP contribution in [0, 0.1) is 28.8 Å². The third kappa shape index (κ3) is 3.30. The number of nitrogens with one attached hydrogen (secondary N) is 1. The molecular weight excluding hydrogens is 329 g/mol. The Balaban J connectivity index is 1.95. The Morgan fingerprint density at radius 3 is 2.68 bits per heavy atom. The molecule has 130 valence electrons. The van der Waals surface area contributed by atoms with Crippen molar-refractivity contribution in [1.29, 1.82) is 5.26 Å². The van der Waals surface area contributed by atoms with Crippen LogP contribution in [0.2, 0.25) is 0 Å². The van der Waals surface area contributed by atoms with Crippen molar-refractivity contribution < 1.29 is 13.2 Å². The van der Waals surface area contributed by atoms with E-state index in [1.165, 1.54) is 0 Å². The number of pyridine rings is 1. The van der Waals surface area contributed by atoms with E-state index in [1.807, 2.05) is 6.92 Å². The zero-order valence-electron chi connectivity index (χ0n) is 13.6. The quantitative estimate of drug-likeness (QED) is 0.859. The van der Waals surface area contributed by atoms with E-state index in [2.05, 4.69) is 21.3 Å². The largest absolute Gasteiger partial charge is 0.364 e. The van der Waals surface area contributed by atoms with Crippen LogP contribution in [0.3, 0.4) is 0 Å². The molecule has 0 aliphatic carbocycles. The molecule has 1 aliphatic rings. The number of aromatic nitrogens is 1. The van der Waals surface area contributed by atoms with Gasteiger partial charge in [0.1, 0.15) is 11.9 Å². The highest BCUT2D eigenvalue weighted by Crippen LogP contribution is 2.35. The smallest absolute Gasteiger partial charge is 0.194 e. The number of halogens is 3. The van der Waals surface area contributed by atoms with E-state index in [1.54, 1.807) is 18.3 Å². The van der Waals surface area contributed by atoms with Crippen molar-refractivity contribution in [3.05, 3.63) is 59.0 Å². The predicted molar refractivity (Wildman–Crippen MR) is 87.3 cm³/mol.